The molecule has 1 saturated carbocycles. The summed E-state index contributed by atoms with van der Waals surface area (Å²) < 4.78 is 4.76. The van der Waals surface area contributed by atoms with Crippen LogP contribution >= 0.6 is 11.3 Å². The highest BCUT2D eigenvalue weighted by Gasteiger charge is 2.26. The fourth-order valence-corrected chi connectivity index (χ4v) is 2.62. The average Bonchev–Trinajstić information content (AvgIpc) is 2.83. The third kappa shape index (κ3) is 2.31. The highest BCUT2D eigenvalue weighted by molar-refractivity contribution is 7.11. The molecule has 0 saturated heterocycles. The third-order valence-corrected chi connectivity index (χ3v) is 3.75. The second kappa shape index (κ2) is 4.35. The Morgan fingerprint density at radius 2 is 2.38 bits per heavy atom. The van der Waals surface area contributed by atoms with E-state index >= 15 is 0 Å². The number of hydrogen-bond donors (Lipinski definition) is 1. The highest BCUT2D eigenvalue weighted by Crippen LogP contribution is 2.41. The number of nitrogens with one attached hydrogen (secondary N) is 1. The molecule has 1 aliphatic carbocycles. The molecule has 0 atom stereocenters. The number of aromatic nitrogens is 2. The molecule has 84 valence electrons. The fraction of sp³-hybridized carbons (Fsp3) is 0.455. The summed E-state index contributed by atoms with van der Waals surface area (Å²) in [6.07, 6.45) is 6.21. The molecule has 4 nitrogen and oxygen atoms in total. The van der Waals surface area contributed by atoms with Crippen molar-refractivity contribution >= 4 is 11.3 Å². The Kier molecular flexibility index (Phi) is 2.71. The van der Waals surface area contributed by atoms with Gasteiger partial charge < -0.3 is 9.84 Å². The van der Waals surface area contributed by atoms with Crippen molar-refractivity contribution in [3.63, 3.8) is 0 Å². The molecule has 0 spiro atoms. The Labute approximate surface area is 97.7 Å². The molecular weight excluding hydrogens is 222 g/mol. The van der Waals surface area contributed by atoms with Crippen LogP contribution in [-0.2, 0) is 13.1 Å². The minimum atomic E-state index is 0.743. The Bertz CT molecular complexity index is 448. The quantitative estimate of drug-likeness (QED) is 0.864. The molecule has 0 radical (unpaired) electrons. The van der Waals surface area contributed by atoms with Crippen LogP contribution in [-0.4, -0.2) is 10.1 Å². The summed E-state index contributed by atoms with van der Waals surface area (Å²) in [6.45, 7) is 1.60. The van der Waals surface area contributed by atoms with E-state index in [4.69, 9.17) is 4.52 Å². The molecule has 0 aromatic carbocycles. The standard InChI is InChI=1S/C11H13N3OS/c1-2-8(1)11-13-7-10(16-11)6-12-5-9-3-4-15-14-9/h3-4,7-8,12H,1-2,5-6H2. The van der Waals surface area contributed by atoms with Crippen molar-refractivity contribution in [1.82, 2.24) is 15.5 Å². The van der Waals surface area contributed by atoms with Gasteiger partial charge >= 0.3 is 0 Å². The molecule has 0 aliphatic heterocycles. The van der Waals surface area contributed by atoms with Crippen molar-refractivity contribution in [2.75, 3.05) is 0 Å². The van der Waals surface area contributed by atoms with Crippen molar-refractivity contribution in [1.29, 1.82) is 0 Å². The van der Waals surface area contributed by atoms with E-state index in [0.717, 1.165) is 24.7 Å². The first-order valence-corrected chi connectivity index (χ1v) is 6.28. The predicted molar refractivity (Wildman–Crippen MR) is 61.1 cm³/mol. The largest absolute Gasteiger partial charge is 0.364 e. The van der Waals surface area contributed by atoms with Crippen LogP contribution in [0.25, 0.3) is 0 Å². The Hall–Kier alpha value is -1.20. The topological polar surface area (TPSA) is 51.0 Å². The van der Waals surface area contributed by atoms with E-state index in [1.807, 2.05) is 23.6 Å². The number of hydrogen-bond acceptors (Lipinski definition) is 5. The van der Waals surface area contributed by atoms with E-state index in [2.05, 4.69) is 15.5 Å². The average molecular weight is 235 g/mol. The third-order valence-electron chi connectivity index (χ3n) is 2.59. The zero-order chi connectivity index (χ0) is 10.8. The summed E-state index contributed by atoms with van der Waals surface area (Å²) in [5.74, 6) is 0.759. The van der Waals surface area contributed by atoms with Crippen LogP contribution in [0, 0.1) is 0 Å². The first-order chi connectivity index (χ1) is 7.92. The van der Waals surface area contributed by atoms with Gasteiger partial charge in [-0.25, -0.2) is 4.98 Å². The van der Waals surface area contributed by atoms with Crippen molar-refractivity contribution < 1.29 is 4.52 Å². The molecule has 1 fully saturated rings. The lowest BCUT2D eigenvalue weighted by molar-refractivity contribution is 0.408. The van der Waals surface area contributed by atoms with Gasteiger partial charge in [0, 0.05) is 36.1 Å². The summed E-state index contributed by atoms with van der Waals surface area (Å²) in [5, 5.41) is 8.47. The number of rotatable bonds is 5. The molecule has 2 aromatic rings. The fourth-order valence-electron chi connectivity index (χ4n) is 1.57. The smallest absolute Gasteiger partial charge is 0.124 e. The van der Waals surface area contributed by atoms with E-state index in [9.17, 15) is 0 Å². The highest BCUT2D eigenvalue weighted by atomic mass is 32.1. The van der Waals surface area contributed by atoms with Crippen LogP contribution < -0.4 is 5.32 Å². The van der Waals surface area contributed by atoms with Gasteiger partial charge in [0.2, 0.25) is 0 Å². The summed E-state index contributed by atoms with van der Waals surface area (Å²) >= 11 is 1.82. The molecule has 1 N–H and O–H groups in total. The maximum absolute atomic E-state index is 4.76. The van der Waals surface area contributed by atoms with E-state index in [-0.39, 0.29) is 0 Å². The van der Waals surface area contributed by atoms with Crippen molar-refractivity contribution in [2.45, 2.75) is 31.8 Å². The van der Waals surface area contributed by atoms with Gasteiger partial charge in [0.15, 0.2) is 0 Å². The van der Waals surface area contributed by atoms with Crippen molar-refractivity contribution in [3.8, 4) is 0 Å². The van der Waals surface area contributed by atoms with Crippen LogP contribution in [0.2, 0.25) is 0 Å². The van der Waals surface area contributed by atoms with Crippen LogP contribution in [0.3, 0.4) is 0 Å². The lowest BCUT2D eigenvalue weighted by atomic mass is 10.4. The van der Waals surface area contributed by atoms with Gasteiger partial charge in [-0.2, -0.15) is 0 Å². The first kappa shape index (κ1) is 9.99. The van der Waals surface area contributed by atoms with Crippen LogP contribution in [0.5, 0.6) is 0 Å². The number of nitrogens with zero attached hydrogens (tertiary/aromatic N) is 2. The van der Waals surface area contributed by atoms with Gasteiger partial charge in [-0.05, 0) is 12.8 Å². The molecule has 3 rings (SSSR count). The van der Waals surface area contributed by atoms with Crippen molar-refractivity contribution in [3.05, 3.63) is 34.1 Å². The zero-order valence-corrected chi connectivity index (χ0v) is 9.67. The molecule has 0 amide bonds. The molecule has 16 heavy (non-hydrogen) atoms. The second-order valence-corrected chi connectivity index (χ2v) is 5.18. The van der Waals surface area contributed by atoms with E-state index in [1.165, 1.54) is 22.7 Å². The normalized spacial score (nSPS) is 15.5. The van der Waals surface area contributed by atoms with E-state index in [0.29, 0.717) is 0 Å². The summed E-state index contributed by atoms with van der Waals surface area (Å²) in [6, 6.07) is 1.87. The van der Waals surface area contributed by atoms with Crippen LogP contribution in [0.15, 0.2) is 23.0 Å². The maximum Gasteiger partial charge on any atom is 0.124 e. The lowest BCUT2D eigenvalue weighted by Crippen LogP contribution is -2.11. The minimum Gasteiger partial charge on any atom is -0.364 e. The minimum absolute atomic E-state index is 0.743. The summed E-state index contributed by atoms with van der Waals surface area (Å²) in [4.78, 5) is 5.73. The summed E-state index contributed by atoms with van der Waals surface area (Å²) in [7, 11) is 0. The Morgan fingerprint density at radius 3 is 3.12 bits per heavy atom. The zero-order valence-electron chi connectivity index (χ0n) is 8.85. The van der Waals surface area contributed by atoms with E-state index < -0.39 is 0 Å². The first-order valence-electron chi connectivity index (χ1n) is 5.46. The van der Waals surface area contributed by atoms with E-state index in [1.54, 1.807) is 6.26 Å². The molecular formula is C11H13N3OS. The second-order valence-electron chi connectivity index (χ2n) is 4.03. The number of thiazole rings is 1. The molecule has 2 aromatic heterocycles. The monoisotopic (exact) mass is 235 g/mol. The Balaban J connectivity index is 1.50. The van der Waals surface area contributed by atoms with Gasteiger partial charge in [-0.1, -0.05) is 5.16 Å². The van der Waals surface area contributed by atoms with Crippen molar-refractivity contribution in [2.24, 2.45) is 0 Å². The molecule has 1 aliphatic rings. The molecule has 0 unspecified atom stereocenters. The molecule has 0 bridgehead atoms. The molecule has 5 heteroatoms. The molecule has 2 heterocycles. The predicted octanol–water partition coefficient (Wildman–Crippen LogP) is 2.30. The van der Waals surface area contributed by atoms with Gasteiger partial charge in [0.25, 0.3) is 0 Å². The van der Waals surface area contributed by atoms with Gasteiger partial charge in [0.1, 0.15) is 6.26 Å². The van der Waals surface area contributed by atoms with Gasteiger partial charge in [0.05, 0.1) is 10.7 Å². The van der Waals surface area contributed by atoms with Crippen LogP contribution in [0.1, 0.15) is 34.3 Å². The van der Waals surface area contributed by atoms with Gasteiger partial charge in [-0.15, -0.1) is 11.3 Å². The maximum atomic E-state index is 4.76. The SMILES string of the molecule is c1cc(CNCc2cnc(C3CC3)s2)no1. The Morgan fingerprint density at radius 1 is 1.44 bits per heavy atom. The van der Waals surface area contributed by atoms with Crippen LogP contribution in [0.4, 0.5) is 0 Å². The lowest BCUT2D eigenvalue weighted by Gasteiger charge is -1.97. The summed E-state index contributed by atoms with van der Waals surface area (Å²) in [5.41, 5.74) is 0.937. The van der Waals surface area contributed by atoms with Gasteiger partial charge in [-0.3, -0.25) is 0 Å².